The maximum absolute atomic E-state index is 15.6. The van der Waals surface area contributed by atoms with Crippen LogP contribution >= 0.6 is 0 Å². The summed E-state index contributed by atoms with van der Waals surface area (Å²) in [4.78, 5) is 30.0. The average Bonchev–Trinajstić information content (AvgIpc) is 0.712. The molecular weight excluding hydrogens is 1280 g/mol. The van der Waals surface area contributed by atoms with E-state index in [9.17, 15) is 96.7 Å². The standard InChI is InChI=1S/C64H102O32/c1-24-34(70)37(73)41(77)51(87-24)94-47-43(79)45(92-50-40(76)35(71)29(69)21-85-50)31(20-66)90-53(47)95-49-28(68)18-59(5)32-10-9-26-27-17-58(3,4)13-15-63(27,16-14-60(26,6)61(32,7)12-11-33(59)62(49,8)56(81)82)57(83)96-54-46(38(74)36(72)30(19-65)89-54)93-52-42(78)39(75)44(25(2)88-52)91-55-48(80)64(84,22-67)23-86-55/h9,24-25,27-55,65-80,84H,10-23H2,1-8H3,(H,81,82). The van der Waals surface area contributed by atoms with Crippen molar-refractivity contribution in [3.05, 3.63) is 11.6 Å². The maximum Gasteiger partial charge on any atom is 0.315 e. The maximum atomic E-state index is 15.6. The Kier molecular flexibility index (Phi) is 21.3. The molecule has 0 aromatic carbocycles. The van der Waals surface area contributed by atoms with Gasteiger partial charge in [-0.25, -0.2) is 0 Å². The van der Waals surface area contributed by atoms with Gasteiger partial charge in [0.15, 0.2) is 37.6 Å². The zero-order valence-electron chi connectivity index (χ0n) is 55.1. The number of aliphatic hydroxyl groups excluding tert-OH is 16. The first-order valence-corrected chi connectivity index (χ1v) is 33.6. The van der Waals surface area contributed by atoms with Crippen LogP contribution in [0.4, 0.5) is 0 Å². The molecule has 32 nitrogen and oxygen atoms in total. The van der Waals surface area contributed by atoms with Crippen LogP contribution < -0.4 is 0 Å². The smallest absolute Gasteiger partial charge is 0.315 e. The molecule has 11 aliphatic rings. The molecule has 96 heavy (non-hydrogen) atoms. The topological polar surface area (TPSA) is 509 Å². The Hall–Kier alpha value is -2.44. The second-order valence-corrected chi connectivity index (χ2v) is 31.0. The van der Waals surface area contributed by atoms with Crippen LogP contribution in [0.5, 0.6) is 0 Å². The minimum Gasteiger partial charge on any atom is -0.481 e. The van der Waals surface area contributed by atoms with E-state index in [0.717, 1.165) is 5.57 Å². The Morgan fingerprint density at radius 1 is 0.542 bits per heavy atom. The highest BCUT2D eigenvalue weighted by atomic mass is 16.8. The molecule has 32 heteroatoms. The normalized spacial score (nSPS) is 55.0. The summed E-state index contributed by atoms with van der Waals surface area (Å²) in [5.41, 5.74) is -6.87. The molecule has 0 aromatic rings. The van der Waals surface area contributed by atoms with Crippen molar-refractivity contribution >= 4 is 11.9 Å². The highest BCUT2D eigenvalue weighted by Gasteiger charge is 2.73. The summed E-state index contributed by atoms with van der Waals surface area (Å²) in [6.45, 7) is 11.2. The monoisotopic (exact) mass is 1380 g/mol. The van der Waals surface area contributed by atoms with Crippen LogP contribution in [0.2, 0.25) is 0 Å². The number of carboxylic acids is 1. The van der Waals surface area contributed by atoms with Crippen LogP contribution in [-0.2, 0) is 66.4 Å². The molecular formula is C64H102O32. The van der Waals surface area contributed by atoms with Crippen LogP contribution in [0.25, 0.3) is 0 Å². The molecule has 37 atom stereocenters. The van der Waals surface area contributed by atoms with E-state index in [1.807, 2.05) is 6.92 Å². The van der Waals surface area contributed by atoms with E-state index >= 15 is 4.79 Å². The van der Waals surface area contributed by atoms with Crippen LogP contribution in [0.3, 0.4) is 0 Å². The third-order valence-corrected chi connectivity index (χ3v) is 25.0. The summed E-state index contributed by atoms with van der Waals surface area (Å²) in [6, 6.07) is 0. The zero-order chi connectivity index (χ0) is 70.2. The Labute approximate surface area is 554 Å². The second kappa shape index (κ2) is 27.3. The lowest BCUT2D eigenvalue weighted by Gasteiger charge is -2.71. The van der Waals surface area contributed by atoms with Gasteiger partial charge in [-0.05, 0) is 118 Å². The number of allylic oxidation sites excluding steroid dienone is 2. The molecule has 10 fully saturated rings. The largest absolute Gasteiger partial charge is 0.481 e. The summed E-state index contributed by atoms with van der Waals surface area (Å²) >= 11 is 0. The number of rotatable bonds is 16. The highest BCUT2D eigenvalue weighted by molar-refractivity contribution is 5.79. The molecule has 4 saturated carbocycles. The SMILES string of the molecule is CC1OC(OC2C(OC3C(O)CC4(C)C(CCC5(C)C4CC=C4C6CC(C)(C)CCC6(C(=O)OC6OC(CO)C(O)C(O)C6OC6OC(C)C(OC7OCC(O)(CO)C7O)C(O)C6O)CCC45C)C3(C)C(=O)O)OC(CO)C(OC3OCC(O)C(O)C3O)C2O)C(O)C(O)C1O. The molecule has 0 aromatic heterocycles. The van der Waals surface area contributed by atoms with E-state index in [2.05, 4.69) is 33.8 Å². The number of aliphatic hydroxyl groups is 17. The van der Waals surface area contributed by atoms with Gasteiger partial charge in [-0.3, -0.25) is 9.59 Å². The quantitative estimate of drug-likeness (QED) is 0.0391. The number of fused-ring (bicyclic) bond motifs is 7. The van der Waals surface area contributed by atoms with E-state index in [1.165, 1.54) is 20.8 Å². The lowest BCUT2D eigenvalue weighted by atomic mass is 9.33. The van der Waals surface area contributed by atoms with E-state index in [-0.39, 0.29) is 30.6 Å². The molecule has 6 heterocycles. The minimum atomic E-state index is -2.07. The second-order valence-electron chi connectivity index (χ2n) is 31.0. The Morgan fingerprint density at radius 3 is 1.76 bits per heavy atom. The van der Waals surface area contributed by atoms with Gasteiger partial charge in [0, 0.05) is 0 Å². The predicted octanol–water partition coefficient (Wildman–Crippen LogP) is -5.02. The Bertz CT molecular complexity index is 2790. The fourth-order valence-electron chi connectivity index (χ4n) is 18.9. The van der Waals surface area contributed by atoms with Crippen LogP contribution in [-0.4, -0.2) is 315 Å². The first kappa shape index (κ1) is 74.7. The Balaban J connectivity index is 0.852. The number of esters is 1. The number of carboxylic acid groups (broad SMARTS) is 1. The number of hydrogen-bond acceptors (Lipinski definition) is 31. The Morgan fingerprint density at radius 2 is 1.12 bits per heavy atom. The number of aliphatic carboxylic acids is 1. The molecule has 0 radical (unpaired) electrons. The first-order chi connectivity index (χ1) is 44.9. The summed E-state index contributed by atoms with van der Waals surface area (Å²) in [5.74, 6) is -3.61. The third-order valence-electron chi connectivity index (χ3n) is 25.0. The zero-order valence-corrected chi connectivity index (χ0v) is 55.1. The van der Waals surface area contributed by atoms with Crippen LogP contribution in [0.15, 0.2) is 11.6 Å². The van der Waals surface area contributed by atoms with Gasteiger partial charge in [-0.15, -0.1) is 0 Å². The molecule has 11 rings (SSSR count). The predicted molar refractivity (Wildman–Crippen MR) is 317 cm³/mol. The van der Waals surface area contributed by atoms with Gasteiger partial charge in [0.1, 0.15) is 115 Å². The number of ether oxygens (including phenoxy) is 12. The van der Waals surface area contributed by atoms with Crippen molar-refractivity contribution in [3.8, 4) is 0 Å². The number of hydrogen-bond donors (Lipinski definition) is 18. The van der Waals surface area contributed by atoms with Crippen LogP contribution in [0, 0.1) is 50.2 Å². The molecule has 5 aliphatic carbocycles. The van der Waals surface area contributed by atoms with Crippen molar-refractivity contribution in [1.29, 1.82) is 0 Å². The molecule has 6 aliphatic heterocycles. The molecule has 0 amide bonds. The summed E-state index contributed by atoms with van der Waals surface area (Å²) < 4.78 is 71.8. The molecule has 18 N–H and O–H groups in total. The van der Waals surface area contributed by atoms with Gasteiger partial charge in [-0.1, -0.05) is 46.3 Å². The number of carbonyl (C=O) groups is 2. The van der Waals surface area contributed by atoms with E-state index in [4.69, 9.17) is 56.8 Å². The van der Waals surface area contributed by atoms with Gasteiger partial charge >= 0.3 is 11.9 Å². The van der Waals surface area contributed by atoms with E-state index in [1.54, 1.807) is 0 Å². The van der Waals surface area contributed by atoms with E-state index < -0.39 is 262 Å². The third kappa shape index (κ3) is 12.3. The van der Waals surface area contributed by atoms with Gasteiger partial charge in [0.25, 0.3) is 0 Å². The van der Waals surface area contributed by atoms with Gasteiger partial charge < -0.3 is 149 Å². The number of carbonyl (C=O) groups excluding carboxylic acids is 1. The van der Waals surface area contributed by atoms with Gasteiger partial charge in [0.2, 0.25) is 6.29 Å². The summed E-state index contributed by atoms with van der Waals surface area (Å²) in [5, 5.41) is 198. The van der Waals surface area contributed by atoms with Crippen molar-refractivity contribution in [2.45, 2.75) is 291 Å². The molecule has 6 saturated heterocycles. The molecule has 37 unspecified atom stereocenters. The molecule has 550 valence electrons. The first-order valence-electron chi connectivity index (χ1n) is 33.6. The van der Waals surface area contributed by atoms with Gasteiger partial charge in [0.05, 0.1) is 62.2 Å². The fourth-order valence-corrected chi connectivity index (χ4v) is 18.9. The fraction of sp³-hybridized carbons (Fsp3) is 0.938. The van der Waals surface area contributed by atoms with Gasteiger partial charge in [-0.2, -0.15) is 0 Å². The van der Waals surface area contributed by atoms with Crippen molar-refractivity contribution in [2.24, 2.45) is 50.2 Å². The average molecular weight is 1380 g/mol. The summed E-state index contributed by atoms with van der Waals surface area (Å²) in [7, 11) is 0. The van der Waals surface area contributed by atoms with Crippen molar-refractivity contribution in [1.82, 2.24) is 0 Å². The highest BCUT2D eigenvalue weighted by Crippen LogP contribution is 2.76. The minimum absolute atomic E-state index is 0.0319. The molecule has 0 bridgehead atoms. The lowest BCUT2D eigenvalue weighted by Crippen LogP contribution is -2.71. The van der Waals surface area contributed by atoms with Crippen molar-refractivity contribution < 1.29 is 158 Å². The van der Waals surface area contributed by atoms with Crippen LogP contribution in [0.1, 0.15) is 113 Å². The summed E-state index contributed by atoms with van der Waals surface area (Å²) in [6.07, 6.45) is -42.7. The van der Waals surface area contributed by atoms with E-state index in [0.29, 0.717) is 38.5 Å². The van der Waals surface area contributed by atoms with Crippen molar-refractivity contribution in [3.63, 3.8) is 0 Å². The van der Waals surface area contributed by atoms with Crippen molar-refractivity contribution in [2.75, 3.05) is 33.0 Å². The lowest BCUT2D eigenvalue weighted by molar-refractivity contribution is -0.394. The molecule has 0 spiro atoms.